The molecule has 7 aromatic rings. The minimum absolute atomic E-state index is 0.684. The van der Waals surface area contributed by atoms with Gasteiger partial charge in [-0.1, -0.05) is 109 Å². The van der Waals surface area contributed by atoms with Crippen LogP contribution in [-0.4, -0.2) is 14.5 Å². The zero-order chi connectivity index (χ0) is 23.2. The Hall–Kier alpha value is -4.76. The largest absolute Gasteiger partial charge is 0.278 e. The molecule has 2 aromatic heterocycles. The van der Waals surface area contributed by atoms with E-state index in [0.717, 1.165) is 33.2 Å². The van der Waals surface area contributed by atoms with Crippen LogP contribution in [0.1, 0.15) is 0 Å². The number of rotatable bonds is 3. The first kappa shape index (κ1) is 19.7. The van der Waals surface area contributed by atoms with Crippen LogP contribution in [0.4, 0.5) is 0 Å². The minimum Gasteiger partial charge on any atom is -0.278 e. The van der Waals surface area contributed by atoms with Crippen molar-refractivity contribution in [3.63, 3.8) is 0 Å². The summed E-state index contributed by atoms with van der Waals surface area (Å²) in [6, 6.07) is 44.3. The van der Waals surface area contributed by atoms with Crippen molar-refractivity contribution < 1.29 is 0 Å². The van der Waals surface area contributed by atoms with Crippen LogP contribution < -0.4 is 0 Å². The average Bonchev–Trinajstić information content (AvgIpc) is 3.27. The van der Waals surface area contributed by atoms with Crippen LogP contribution in [0.5, 0.6) is 0 Å². The summed E-state index contributed by atoms with van der Waals surface area (Å²) in [5, 5.41) is 3.45. The van der Waals surface area contributed by atoms with E-state index in [4.69, 9.17) is 9.97 Å². The second-order valence-corrected chi connectivity index (χ2v) is 8.70. The Morgan fingerprint density at radius 1 is 0.400 bits per heavy atom. The molecule has 0 radical (unpaired) electrons. The van der Waals surface area contributed by atoms with Crippen molar-refractivity contribution in [1.29, 1.82) is 0 Å². The Morgan fingerprint density at radius 3 is 1.60 bits per heavy atom. The molecule has 0 amide bonds. The molecule has 164 valence electrons. The van der Waals surface area contributed by atoms with Gasteiger partial charge in [-0.15, -0.1) is 0 Å². The fraction of sp³-hybridized carbons (Fsp3) is 0. The lowest BCUT2D eigenvalue weighted by Crippen LogP contribution is -2.03. The molecule has 5 aromatic carbocycles. The molecule has 0 bridgehead atoms. The molecule has 0 fully saturated rings. The standard InChI is InChI=1S/C32H21N3/c1-2-10-22(11-3-1)23-18-20-24(21-19-23)31-27-14-4-7-15-28(27)33-32(34-31)35-29-16-8-5-12-25(29)26-13-6-9-17-30(26)35/h1-21H. The van der Waals surface area contributed by atoms with E-state index < -0.39 is 0 Å². The van der Waals surface area contributed by atoms with E-state index in [1.54, 1.807) is 0 Å². The fourth-order valence-corrected chi connectivity index (χ4v) is 4.97. The normalized spacial score (nSPS) is 11.4. The Balaban J connectivity index is 1.47. The Bertz CT molecular complexity index is 1780. The predicted octanol–water partition coefficient (Wildman–Crippen LogP) is 8.06. The van der Waals surface area contributed by atoms with E-state index in [9.17, 15) is 0 Å². The Labute approximate surface area is 203 Å². The molecule has 0 saturated heterocycles. The molecule has 2 heterocycles. The van der Waals surface area contributed by atoms with E-state index in [1.807, 2.05) is 18.2 Å². The molecule has 0 aliphatic carbocycles. The fourth-order valence-electron chi connectivity index (χ4n) is 4.97. The summed E-state index contributed by atoms with van der Waals surface area (Å²) in [6.07, 6.45) is 0. The minimum atomic E-state index is 0.684. The van der Waals surface area contributed by atoms with E-state index in [1.165, 1.54) is 21.9 Å². The summed E-state index contributed by atoms with van der Waals surface area (Å²) in [5.41, 5.74) is 7.55. The summed E-state index contributed by atoms with van der Waals surface area (Å²) in [5.74, 6) is 0.684. The highest BCUT2D eigenvalue weighted by Gasteiger charge is 2.16. The van der Waals surface area contributed by atoms with E-state index in [2.05, 4.69) is 114 Å². The lowest BCUT2D eigenvalue weighted by atomic mass is 10.0. The van der Waals surface area contributed by atoms with Gasteiger partial charge in [0.2, 0.25) is 5.95 Å². The number of aromatic nitrogens is 3. The summed E-state index contributed by atoms with van der Waals surface area (Å²) in [6.45, 7) is 0. The van der Waals surface area contributed by atoms with E-state index >= 15 is 0 Å². The van der Waals surface area contributed by atoms with Crippen molar-refractivity contribution in [3.8, 4) is 28.3 Å². The average molecular weight is 448 g/mol. The van der Waals surface area contributed by atoms with Crippen LogP contribution in [0.2, 0.25) is 0 Å². The Kier molecular flexibility index (Phi) is 4.46. The van der Waals surface area contributed by atoms with Gasteiger partial charge in [0, 0.05) is 21.7 Å². The zero-order valence-electron chi connectivity index (χ0n) is 19.0. The number of para-hydroxylation sites is 3. The van der Waals surface area contributed by atoms with Crippen LogP contribution in [0.25, 0.3) is 61.0 Å². The van der Waals surface area contributed by atoms with Crippen LogP contribution in [-0.2, 0) is 0 Å². The molecule has 0 aliphatic rings. The van der Waals surface area contributed by atoms with Gasteiger partial charge in [-0.25, -0.2) is 9.97 Å². The third-order valence-electron chi connectivity index (χ3n) is 6.64. The summed E-state index contributed by atoms with van der Waals surface area (Å²) >= 11 is 0. The molecule has 35 heavy (non-hydrogen) atoms. The third kappa shape index (κ3) is 3.21. The smallest absolute Gasteiger partial charge is 0.235 e. The highest BCUT2D eigenvalue weighted by molar-refractivity contribution is 6.09. The molecule has 0 N–H and O–H groups in total. The molecule has 7 rings (SSSR count). The first-order valence-corrected chi connectivity index (χ1v) is 11.8. The van der Waals surface area contributed by atoms with Gasteiger partial charge >= 0.3 is 0 Å². The lowest BCUT2D eigenvalue weighted by molar-refractivity contribution is 1.01. The predicted molar refractivity (Wildman–Crippen MR) is 145 cm³/mol. The SMILES string of the molecule is c1ccc(-c2ccc(-c3nc(-n4c5ccccc5c5ccccc54)nc4ccccc34)cc2)cc1. The second kappa shape index (κ2) is 7.93. The van der Waals surface area contributed by atoms with Crippen molar-refractivity contribution >= 4 is 32.7 Å². The third-order valence-corrected chi connectivity index (χ3v) is 6.64. The van der Waals surface area contributed by atoms with Crippen LogP contribution in [0.3, 0.4) is 0 Å². The molecule has 0 spiro atoms. The number of hydrogen-bond donors (Lipinski definition) is 0. The van der Waals surface area contributed by atoms with Crippen molar-refractivity contribution in [2.24, 2.45) is 0 Å². The molecule has 0 saturated carbocycles. The summed E-state index contributed by atoms with van der Waals surface area (Å²) in [4.78, 5) is 10.2. The number of nitrogens with zero attached hydrogens (tertiary/aromatic N) is 3. The highest BCUT2D eigenvalue weighted by atomic mass is 15.2. The van der Waals surface area contributed by atoms with Gasteiger partial charge in [-0.2, -0.15) is 0 Å². The van der Waals surface area contributed by atoms with Gasteiger partial charge in [0.05, 0.1) is 22.2 Å². The van der Waals surface area contributed by atoms with E-state index in [0.29, 0.717) is 5.95 Å². The summed E-state index contributed by atoms with van der Waals surface area (Å²) in [7, 11) is 0. The molecule has 0 atom stereocenters. The monoisotopic (exact) mass is 447 g/mol. The zero-order valence-corrected chi connectivity index (χ0v) is 19.0. The van der Waals surface area contributed by atoms with Crippen molar-refractivity contribution in [2.45, 2.75) is 0 Å². The van der Waals surface area contributed by atoms with Crippen molar-refractivity contribution in [3.05, 3.63) is 127 Å². The highest BCUT2D eigenvalue weighted by Crippen LogP contribution is 2.33. The van der Waals surface area contributed by atoms with Crippen molar-refractivity contribution in [1.82, 2.24) is 14.5 Å². The summed E-state index contributed by atoms with van der Waals surface area (Å²) < 4.78 is 2.18. The molecule has 0 aliphatic heterocycles. The van der Waals surface area contributed by atoms with Crippen LogP contribution in [0, 0.1) is 0 Å². The molecule has 3 heteroatoms. The maximum absolute atomic E-state index is 5.17. The number of fused-ring (bicyclic) bond motifs is 4. The van der Waals surface area contributed by atoms with Gasteiger partial charge in [-0.3, -0.25) is 4.57 Å². The second-order valence-electron chi connectivity index (χ2n) is 8.70. The van der Waals surface area contributed by atoms with Crippen LogP contribution >= 0.6 is 0 Å². The molecule has 0 unspecified atom stereocenters. The lowest BCUT2D eigenvalue weighted by Gasteiger charge is -2.12. The number of benzene rings is 5. The molecular formula is C32H21N3. The van der Waals surface area contributed by atoms with Gasteiger partial charge in [0.25, 0.3) is 0 Å². The van der Waals surface area contributed by atoms with Gasteiger partial charge in [0.1, 0.15) is 0 Å². The van der Waals surface area contributed by atoms with Gasteiger partial charge in [-0.05, 0) is 29.3 Å². The maximum atomic E-state index is 5.17. The molecule has 3 nitrogen and oxygen atoms in total. The first-order valence-electron chi connectivity index (χ1n) is 11.8. The van der Waals surface area contributed by atoms with Crippen LogP contribution in [0.15, 0.2) is 127 Å². The van der Waals surface area contributed by atoms with Crippen molar-refractivity contribution in [2.75, 3.05) is 0 Å². The first-order chi connectivity index (χ1) is 17.4. The van der Waals surface area contributed by atoms with Gasteiger partial charge in [0.15, 0.2) is 0 Å². The topological polar surface area (TPSA) is 30.7 Å². The maximum Gasteiger partial charge on any atom is 0.235 e. The van der Waals surface area contributed by atoms with E-state index in [-0.39, 0.29) is 0 Å². The Morgan fingerprint density at radius 2 is 0.914 bits per heavy atom. The van der Waals surface area contributed by atoms with Gasteiger partial charge < -0.3 is 0 Å². The molecular weight excluding hydrogens is 426 g/mol. The quantitative estimate of drug-likeness (QED) is 0.274. The number of hydrogen-bond acceptors (Lipinski definition) is 2.